The first-order valence-electron chi connectivity index (χ1n) is 9.80. The van der Waals surface area contributed by atoms with Crippen molar-refractivity contribution in [2.24, 2.45) is 0 Å². The van der Waals surface area contributed by atoms with Crippen LogP contribution in [0.25, 0.3) is 11.3 Å². The molecule has 1 saturated heterocycles. The molecule has 0 spiro atoms. The molecule has 8 heteroatoms. The van der Waals surface area contributed by atoms with Gasteiger partial charge in [0, 0.05) is 43.0 Å². The van der Waals surface area contributed by atoms with Crippen LogP contribution in [0.3, 0.4) is 0 Å². The quantitative estimate of drug-likeness (QED) is 0.581. The molecule has 0 radical (unpaired) electrons. The van der Waals surface area contributed by atoms with Crippen molar-refractivity contribution >= 4 is 34.9 Å². The standard InChI is InChI=1S/C23H19Cl2N5O/c1-15-19(13-17(14-26)21(28-15)16-4-6-18(24)7-5-16)23(31)30-11-9-29(10-12-30)22-20(25)3-2-8-27-22/h2-8,13H,9-12H2,1H3. The molecular formula is C23H19Cl2N5O. The monoisotopic (exact) mass is 451 g/mol. The number of halogens is 2. The summed E-state index contributed by atoms with van der Waals surface area (Å²) in [5.41, 5.74) is 2.71. The summed E-state index contributed by atoms with van der Waals surface area (Å²) in [4.78, 5) is 26.0. The summed E-state index contributed by atoms with van der Waals surface area (Å²) in [6.07, 6.45) is 1.71. The molecule has 1 aromatic carbocycles. The van der Waals surface area contributed by atoms with E-state index in [0.717, 1.165) is 11.4 Å². The molecule has 31 heavy (non-hydrogen) atoms. The fourth-order valence-corrected chi connectivity index (χ4v) is 4.00. The number of rotatable bonds is 3. The maximum Gasteiger partial charge on any atom is 0.255 e. The average Bonchev–Trinajstić information content (AvgIpc) is 2.79. The highest BCUT2D eigenvalue weighted by Gasteiger charge is 2.26. The molecule has 1 aliphatic rings. The third-order valence-corrected chi connectivity index (χ3v) is 5.83. The largest absolute Gasteiger partial charge is 0.352 e. The number of hydrogen-bond acceptors (Lipinski definition) is 5. The molecule has 6 nitrogen and oxygen atoms in total. The lowest BCUT2D eigenvalue weighted by molar-refractivity contribution is 0.0745. The van der Waals surface area contributed by atoms with E-state index in [4.69, 9.17) is 23.2 Å². The zero-order valence-corrected chi connectivity index (χ0v) is 18.4. The van der Waals surface area contributed by atoms with E-state index in [1.165, 1.54) is 0 Å². The summed E-state index contributed by atoms with van der Waals surface area (Å²) in [5, 5.41) is 10.9. The topological polar surface area (TPSA) is 73.1 Å². The van der Waals surface area contributed by atoms with Gasteiger partial charge in [0.15, 0.2) is 0 Å². The van der Waals surface area contributed by atoms with Gasteiger partial charge in [0.05, 0.1) is 27.5 Å². The molecule has 0 saturated carbocycles. The van der Waals surface area contributed by atoms with E-state index in [9.17, 15) is 10.1 Å². The predicted molar refractivity (Wildman–Crippen MR) is 121 cm³/mol. The molecule has 0 aliphatic carbocycles. The van der Waals surface area contributed by atoms with E-state index in [1.54, 1.807) is 42.3 Å². The number of benzene rings is 1. The number of carbonyl (C=O) groups is 1. The number of hydrogen-bond donors (Lipinski definition) is 0. The molecule has 2 aromatic heterocycles. The van der Waals surface area contributed by atoms with Crippen LogP contribution in [-0.4, -0.2) is 47.0 Å². The summed E-state index contributed by atoms with van der Waals surface area (Å²) in [5.74, 6) is 0.601. The molecule has 156 valence electrons. The molecule has 4 rings (SSSR count). The third kappa shape index (κ3) is 4.34. The lowest BCUT2D eigenvalue weighted by atomic mass is 10.0. The van der Waals surface area contributed by atoms with Gasteiger partial charge in [0.1, 0.15) is 11.9 Å². The van der Waals surface area contributed by atoms with E-state index < -0.39 is 0 Å². The SMILES string of the molecule is Cc1nc(-c2ccc(Cl)cc2)c(C#N)cc1C(=O)N1CCN(c2ncccc2Cl)CC1. The van der Waals surface area contributed by atoms with Crippen molar-refractivity contribution in [1.29, 1.82) is 5.26 Å². The normalized spacial score (nSPS) is 13.7. The molecule has 1 aliphatic heterocycles. The van der Waals surface area contributed by atoms with Crippen molar-refractivity contribution < 1.29 is 4.79 Å². The van der Waals surface area contributed by atoms with Gasteiger partial charge >= 0.3 is 0 Å². The van der Waals surface area contributed by atoms with Crippen LogP contribution in [0.1, 0.15) is 21.6 Å². The van der Waals surface area contributed by atoms with Gasteiger partial charge in [0.2, 0.25) is 0 Å². The third-order valence-electron chi connectivity index (χ3n) is 5.29. The second-order valence-electron chi connectivity index (χ2n) is 7.22. The van der Waals surface area contributed by atoms with E-state index in [1.807, 2.05) is 18.2 Å². The van der Waals surface area contributed by atoms with E-state index in [2.05, 4.69) is 20.9 Å². The number of anilines is 1. The Morgan fingerprint density at radius 2 is 1.81 bits per heavy atom. The van der Waals surface area contributed by atoms with Gasteiger partial charge in [-0.2, -0.15) is 5.26 Å². The van der Waals surface area contributed by atoms with Crippen LogP contribution >= 0.6 is 23.2 Å². The molecule has 3 heterocycles. The van der Waals surface area contributed by atoms with Crippen LogP contribution in [0.15, 0.2) is 48.7 Å². The van der Waals surface area contributed by atoms with Crippen LogP contribution in [0, 0.1) is 18.3 Å². The highest BCUT2D eigenvalue weighted by atomic mass is 35.5. The minimum atomic E-state index is -0.129. The van der Waals surface area contributed by atoms with Crippen molar-refractivity contribution in [2.75, 3.05) is 31.1 Å². The first-order valence-corrected chi connectivity index (χ1v) is 10.6. The Labute approximate surface area is 190 Å². The van der Waals surface area contributed by atoms with Gasteiger partial charge in [-0.25, -0.2) is 4.98 Å². The number of piperazine rings is 1. The van der Waals surface area contributed by atoms with Crippen LogP contribution in [-0.2, 0) is 0 Å². The number of pyridine rings is 2. The van der Waals surface area contributed by atoms with E-state index in [0.29, 0.717) is 58.7 Å². The number of aromatic nitrogens is 2. The maximum atomic E-state index is 13.2. The number of nitrogens with zero attached hydrogens (tertiary/aromatic N) is 5. The Morgan fingerprint density at radius 1 is 1.10 bits per heavy atom. The summed E-state index contributed by atoms with van der Waals surface area (Å²) < 4.78 is 0. The summed E-state index contributed by atoms with van der Waals surface area (Å²) >= 11 is 12.2. The van der Waals surface area contributed by atoms with Crippen molar-refractivity contribution in [2.45, 2.75) is 6.92 Å². The summed E-state index contributed by atoms with van der Waals surface area (Å²) in [6.45, 7) is 4.11. The van der Waals surface area contributed by atoms with Gasteiger partial charge in [-0.05, 0) is 37.3 Å². The molecule has 0 unspecified atom stereocenters. The molecule has 3 aromatic rings. The first-order chi connectivity index (χ1) is 15.0. The zero-order chi connectivity index (χ0) is 22.0. The number of aryl methyl sites for hydroxylation is 1. The second kappa shape index (κ2) is 8.93. The van der Waals surface area contributed by atoms with Gasteiger partial charge in [-0.15, -0.1) is 0 Å². The Bertz CT molecular complexity index is 1170. The van der Waals surface area contributed by atoms with Gasteiger partial charge in [-0.1, -0.05) is 35.3 Å². The number of carbonyl (C=O) groups excluding carboxylic acids is 1. The van der Waals surface area contributed by atoms with Gasteiger partial charge in [-0.3, -0.25) is 9.78 Å². The zero-order valence-electron chi connectivity index (χ0n) is 16.8. The predicted octanol–water partition coefficient (Wildman–Crippen LogP) is 4.59. The molecule has 1 fully saturated rings. The molecule has 0 N–H and O–H groups in total. The van der Waals surface area contributed by atoms with Crippen LogP contribution < -0.4 is 4.90 Å². The Morgan fingerprint density at radius 3 is 2.45 bits per heavy atom. The maximum absolute atomic E-state index is 13.2. The second-order valence-corrected chi connectivity index (χ2v) is 8.07. The highest BCUT2D eigenvalue weighted by Crippen LogP contribution is 2.27. The van der Waals surface area contributed by atoms with Gasteiger partial charge in [0.25, 0.3) is 5.91 Å². The van der Waals surface area contributed by atoms with Crippen molar-refractivity contribution in [1.82, 2.24) is 14.9 Å². The van der Waals surface area contributed by atoms with E-state index >= 15 is 0 Å². The Hall–Kier alpha value is -3.14. The van der Waals surface area contributed by atoms with Crippen molar-refractivity contribution in [3.63, 3.8) is 0 Å². The van der Waals surface area contributed by atoms with E-state index in [-0.39, 0.29) is 5.91 Å². The van der Waals surface area contributed by atoms with Crippen LogP contribution in [0.4, 0.5) is 5.82 Å². The lowest BCUT2D eigenvalue weighted by Crippen LogP contribution is -2.49. The smallest absolute Gasteiger partial charge is 0.255 e. The molecular weight excluding hydrogens is 433 g/mol. The molecule has 0 bridgehead atoms. The molecule has 1 amide bonds. The summed E-state index contributed by atoms with van der Waals surface area (Å²) in [6, 6.07) is 14.5. The fourth-order valence-electron chi connectivity index (χ4n) is 3.64. The number of nitriles is 1. The number of amides is 1. The molecule has 0 atom stereocenters. The minimum Gasteiger partial charge on any atom is -0.352 e. The Balaban J connectivity index is 1.55. The van der Waals surface area contributed by atoms with Crippen molar-refractivity contribution in [3.8, 4) is 17.3 Å². The average molecular weight is 452 g/mol. The first kappa shape index (κ1) is 21.1. The Kier molecular flexibility index (Phi) is 6.08. The van der Waals surface area contributed by atoms with Crippen molar-refractivity contribution in [3.05, 3.63) is 75.5 Å². The lowest BCUT2D eigenvalue weighted by Gasteiger charge is -2.36. The fraction of sp³-hybridized carbons (Fsp3) is 0.217. The van der Waals surface area contributed by atoms with Gasteiger partial charge < -0.3 is 9.80 Å². The highest BCUT2D eigenvalue weighted by molar-refractivity contribution is 6.33. The minimum absolute atomic E-state index is 0.129. The van der Waals surface area contributed by atoms with Crippen LogP contribution in [0.2, 0.25) is 10.0 Å². The summed E-state index contributed by atoms with van der Waals surface area (Å²) in [7, 11) is 0. The van der Waals surface area contributed by atoms with Crippen LogP contribution in [0.5, 0.6) is 0 Å².